The van der Waals surface area contributed by atoms with Gasteiger partial charge >= 0.3 is 0 Å². The number of carbonyl (C=O) groups is 1. The number of carbonyl (C=O) groups excluding carboxylic acids is 1. The highest BCUT2D eigenvalue weighted by atomic mass is 32.2. The molecule has 2 N–H and O–H groups in total. The SMILES string of the molecule is O=C(CSCc1ccc(F)cc1)N[C@@H]1CCCC[C@H]1O. The molecular formula is C15H20FNO2S. The number of hydrogen-bond donors (Lipinski definition) is 2. The van der Waals surface area contributed by atoms with E-state index in [0.29, 0.717) is 11.5 Å². The van der Waals surface area contributed by atoms with E-state index in [1.54, 1.807) is 12.1 Å². The quantitative estimate of drug-likeness (QED) is 0.878. The highest BCUT2D eigenvalue weighted by molar-refractivity contribution is 7.99. The van der Waals surface area contributed by atoms with Crippen LogP contribution in [0.15, 0.2) is 24.3 Å². The standard InChI is InChI=1S/C15H20FNO2S/c16-12-7-5-11(6-8-12)9-20-10-15(19)17-13-3-1-2-4-14(13)18/h5-8,13-14,18H,1-4,9-10H2,(H,17,19)/t13-,14-/m1/s1. The molecule has 1 aliphatic rings. The van der Waals surface area contributed by atoms with Crippen LogP contribution in [0, 0.1) is 5.82 Å². The van der Waals surface area contributed by atoms with Crippen LogP contribution in [0.25, 0.3) is 0 Å². The minimum Gasteiger partial charge on any atom is -0.391 e. The number of thioether (sulfide) groups is 1. The molecule has 0 spiro atoms. The minimum atomic E-state index is -0.408. The topological polar surface area (TPSA) is 49.3 Å². The summed E-state index contributed by atoms with van der Waals surface area (Å²) in [6.45, 7) is 0. The van der Waals surface area contributed by atoms with Gasteiger partial charge in [-0.1, -0.05) is 25.0 Å². The lowest BCUT2D eigenvalue weighted by Crippen LogP contribution is -2.45. The molecule has 2 atom stereocenters. The minimum absolute atomic E-state index is 0.0388. The maximum absolute atomic E-state index is 12.7. The zero-order valence-electron chi connectivity index (χ0n) is 11.3. The Bertz CT molecular complexity index is 438. The largest absolute Gasteiger partial charge is 0.391 e. The van der Waals surface area contributed by atoms with Gasteiger partial charge in [0.15, 0.2) is 0 Å². The number of halogens is 1. The molecule has 1 amide bonds. The molecule has 1 aliphatic carbocycles. The molecule has 0 aliphatic heterocycles. The van der Waals surface area contributed by atoms with E-state index in [1.807, 2.05) is 0 Å². The van der Waals surface area contributed by atoms with E-state index in [9.17, 15) is 14.3 Å². The third kappa shape index (κ3) is 4.80. The molecule has 0 heterocycles. The van der Waals surface area contributed by atoms with E-state index in [0.717, 1.165) is 31.2 Å². The molecule has 0 saturated heterocycles. The third-order valence-corrected chi connectivity index (χ3v) is 4.49. The summed E-state index contributed by atoms with van der Waals surface area (Å²) in [6, 6.07) is 6.21. The summed E-state index contributed by atoms with van der Waals surface area (Å²) in [5.74, 6) is 0.757. The molecule has 1 aromatic rings. The van der Waals surface area contributed by atoms with E-state index in [-0.39, 0.29) is 17.8 Å². The molecule has 2 rings (SSSR count). The second-order valence-electron chi connectivity index (χ2n) is 5.15. The Morgan fingerprint density at radius 2 is 2.00 bits per heavy atom. The van der Waals surface area contributed by atoms with Crippen molar-refractivity contribution in [2.75, 3.05) is 5.75 Å². The molecule has 0 aromatic heterocycles. The summed E-state index contributed by atoms with van der Waals surface area (Å²) in [5.41, 5.74) is 1.00. The Balaban J connectivity index is 1.68. The van der Waals surface area contributed by atoms with Gasteiger partial charge < -0.3 is 10.4 Å². The third-order valence-electron chi connectivity index (χ3n) is 3.49. The van der Waals surface area contributed by atoms with Crippen molar-refractivity contribution in [3.8, 4) is 0 Å². The van der Waals surface area contributed by atoms with E-state index in [2.05, 4.69) is 5.32 Å². The second kappa shape index (κ2) is 7.64. The highest BCUT2D eigenvalue weighted by Gasteiger charge is 2.24. The van der Waals surface area contributed by atoms with Crippen molar-refractivity contribution < 1.29 is 14.3 Å². The Morgan fingerprint density at radius 1 is 1.30 bits per heavy atom. The zero-order valence-corrected chi connectivity index (χ0v) is 12.2. The van der Waals surface area contributed by atoms with Gasteiger partial charge in [-0.05, 0) is 30.5 Å². The molecule has 3 nitrogen and oxygen atoms in total. The normalized spacial score (nSPS) is 22.5. The summed E-state index contributed by atoms with van der Waals surface area (Å²) in [5, 5.41) is 12.7. The molecule has 0 radical (unpaired) electrons. The van der Waals surface area contributed by atoms with Gasteiger partial charge in [-0.25, -0.2) is 4.39 Å². The average Bonchev–Trinajstić information content (AvgIpc) is 2.44. The second-order valence-corrected chi connectivity index (χ2v) is 6.13. The van der Waals surface area contributed by atoms with Crippen LogP contribution in [0.2, 0.25) is 0 Å². The van der Waals surface area contributed by atoms with Crippen LogP contribution in [-0.4, -0.2) is 28.9 Å². The lowest BCUT2D eigenvalue weighted by molar-refractivity contribution is -0.120. The molecule has 1 aromatic carbocycles. The molecule has 0 unspecified atom stereocenters. The van der Waals surface area contributed by atoms with E-state index in [4.69, 9.17) is 0 Å². The van der Waals surface area contributed by atoms with Gasteiger partial charge in [-0.15, -0.1) is 11.8 Å². The van der Waals surface area contributed by atoms with Crippen LogP contribution in [0.5, 0.6) is 0 Å². The van der Waals surface area contributed by atoms with Gasteiger partial charge in [0, 0.05) is 5.75 Å². The van der Waals surface area contributed by atoms with Gasteiger partial charge in [0.05, 0.1) is 17.9 Å². The fourth-order valence-corrected chi connectivity index (χ4v) is 3.17. The van der Waals surface area contributed by atoms with Crippen molar-refractivity contribution in [2.24, 2.45) is 0 Å². The summed E-state index contributed by atoms with van der Waals surface area (Å²) in [7, 11) is 0. The summed E-state index contributed by atoms with van der Waals surface area (Å²) < 4.78 is 12.7. The van der Waals surface area contributed by atoms with Crippen molar-refractivity contribution in [3.05, 3.63) is 35.6 Å². The Labute approximate surface area is 123 Å². The number of amides is 1. The van der Waals surface area contributed by atoms with E-state index < -0.39 is 6.10 Å². The van der Waals surface area contributed by atoms with E-state index >= 15 is 0 Å². The van der Waals surface area contributed by atoms with Crippen LogP contribution in [0.4, 0.5) is 4.39 Å². The number of rotatable bonds is 5. The molecule has 1 saturated carbocycles. The highest BCUT2D eigenvalue weighted by Crippen LogP contribution is 2.19. The fraction of sp³-hybridized carbons (Fsp3) is 0.533. The van der Waals surface area contributed by atoms with Crippen molar-refractivity contribution in [1.82, 2.24) is 5.32 Å². The first-order valence-electron chi connectivity index (χ1n) is 6.95. The van der Waals surface area contributed by atoms with E-state index in [1.165, 1.54) is 23.9 Å². The van der Waals surface area contributed by atoms with Gasteiger partial charge in [0.2, 0.25) is 5.91 Å². The summed E-state index contributed by atoms with van der Waals surface area (Å²) in [6.07, 6.45) is 3.32. The lowest BCUT2D eigenvalue weighted by Gasteiger charge is -2.28. The first-order chi connectivity index (χ1) is 9.65. The van der Waals surface area contributed by atoms with Crippen LogP contribution < -0.4 is 5.32 Å². The fourth-order valence-electron chi connectivity index (χ4n) is 2.37. The molecule has 1 fully saturated rings. The average molecular weight is 297 g/mol. The van der Waals surface area contributed by atoms with Crippen LogP contribution in [-0.2, 0) is 10.5 Å². The first kappa shape index (κ1) is 15.3. The maximum atomic E-state index is 12.7. The van der Waals surface area contributed by atoms with Gasteiger partial charge in [0.1, 0.15) is 5.82 Å². The number of aliphatic hydroxyl groups is 1. The van der Waals surface area contributed by atoms with Crippen molar-refractivity contribution >= 4 is 17.7 Å². The Hall–Kier alpha value is -1.07. The molecule has 110 valence electrons. The number of benzene rings is 1. The van der Waals surface area contributed by atoms with Gasteiger partial charge in [0.25, 0.3) is 0 Å². The molecule has 5 heteroatoms. The van der Waals surface area contributed by atoms with Crippen LogP contribution in [0.1, 0.15) is 31.2 Å². The smallest absolute Gasteiger partial charge is 0.230 e. The lowest BCUT2D eigenvalue weighted by atomic mass is 9.93. The first-order valence-corrected chi connectivity index (χ1v) is 8.10. The molecule has 0 bridgehead atoms. The molecule has 20 heavy (non-hydrogen) atoms. The van der Waals surface area contributed by atoms with Gasteiger partial charge in [-0.3, -0.25) is 4.79 Å². The van der Waals surface area contributed by atoms with Gasteiger partial charge in [-0.2, -0.15) is 0 Å². The monoisotopic (exact) mass is 297 g/mol. The molecular weight excluding hydrogens is 277 g/mol. The summed E-state index contributed by atoms with van der Waals surface area (Å²) >= 11 is 1.49. The summed E-state index contributed by atoms with van der Waals surface area (Å²) in [4.78, 5) is 11.8. The van der Waals surface area contributed by atoms with Crippen molar-refractivity contribution in [3.63, 3.8) is 0 Å². The van der Waals surface area contributed by atoms with Crippen LogP contribution in [0.3, 0.4) is 0 Å². The number of nitrogens with one attached hydrogen (secondary N) is 1. The van der Waals surface area contributed by atoms with Crippen molar-refractivity contribution in [2.45, 2.75) is 43.6 Å². The van der Waals surface area contributed by atoms with Crippen molar-refractivity contribution in [1.29, 1.82) is 0 Å². The predicted molar refractivity (Wildman–Crippen MR) is 79.0 cm³/mol. The Morgan fingerprint density at radius 3 is 2.70 bits per heavy atom. The number of hydrogen-bond acceptors (Lipinski definition) is 3. The number of aliphatic hydroxyl groups excluding tert-OH is 1. The predicted octanol–water partition coefficient (Wildman–Crippen LogP) is 2.48. The maximum Gasteiger partial charge on any atom is 0.230 e. The Kier molecular flexibility index (Phi) is 5.86. The zero-order chi connectivity index (χ0) is 14.4. The van der Waals surface area contributed by atoms with Crippen LogP contribution >= 0.6 is 11.8 Å².